The van der Waals surface area contributed by atoms with Crippen LogP contribution in [0.25, 0.3) is 0 Å². The van der Waals surface area contributed by atoms with Gasteiger partial charge < -0.3 is 16.4 Å². The molecule has 2 rings (SSSR count). The predicted molar refractivity (Wildman–Crippen MR) is 77.5 cm³/mol. The second-order valence-corrected chi connectivity index (χ2v) is 4.63. The number of nitrogen functional groups attached to an aromatic ring is 1. The third kappa shape index (κ3) is 3.80. The van der Waals surface area contributed by atoms with Gasteiger partial charge in [-0.05, 0) is 38.5 Å². The van der Waals surface area contributed by atoms with Gasteiger partial charge in [-0.1, -0.05) is 12.1 Å². The summed E-state index contributed by atoms with van der Waals surface area (Å²) in [5.41, 5.74) is 7.75. The van der Waals surface area contributed by atoms with Gasteiger partial charge in [0.2, 0.25) is 17.8 Å². The smallest absolute Gasteiger partial charge is 0.233 e. The molecule has 100 valence electrons. The SMILES string of the molecule is Cc1cccc(Nc2nc(N)nc(NC(C)C)n2)c1. The Balaban J connectivity index is 2.22. The van der Waals surface area contributed by atoms with E-state index in [-0.39, 0.29) is 12.0 Å². The first-order valence-corrected chi connectivity index (χ1v) is 6.15. The van der Waals surface area contributed by atoms with Gasteiger partial charge in [-0.15, -0.1) is 0 Å². The van der Waals surface area contributed by atoms with Gasteiger partial charge >= 0.3 is 0 Å². The van der Waals surface area contributed by atoms with E-state index in [1.165, 1.54) is 0 Å². The number of aryl methyl sites for hydroxylation is 1. The topological polar surface area (TPSA) is 88.8 Å². The van der Waals surface area contributed by atoms with Crippen LogP contribution in [0, 0.1) is 6.92 Å². The van der Waals surface area contributed by atoms with E-state index in [1.807, 2.05) is 45.0 Å². The molecule has 0 amide bonds. The van der Waals surface area contributed by atoms with Crippen LogP contribution < -0.4 is 16.4 Å². The minimum Gasteiger partial charge on any atom is -0.368 e. The van der Waals surface area contributed by atoms with Crippen molar-refractivity contribution in [2.24, 2.45) is 0 Å². The number of hydrogen-bond acceptors (Lipinski definition) is 6. The quantitative estimate of drug-likeness (QED) is 0.780. The highest BCUT2D eigenvalue weighted by Gasteiger charge is 2.05. The Morgan fingerprint density at radius 2 is 1.84 bits per heavy atom. The van der Waals surface area contributed by atoms with Gasteiger partial charge in [0.25, 0.3) is 0 Å². The average Bonchev–Trinajstić information content (AvgIpc) is 2.26. The Morgan fingerprint density at radius 1 is 1.11 bits per heavy atom. The second-order valence-electron chi connectivity index (χ2n) is 4.63. The summed E-state index contributed by atoms with van der Waals surface area (Å²) in [6, 6.07) is 8.18. The Morgan fingerprint density at radius 3 is 2.53 bits per heavy atom. The van der Waals surface area contributed by atoms with Gasteiger partial charge in [0.05, 0.1) is 0 Å². The molecule has 0 fully saturated rings. The molecule has 0 spiro atoms. The Kier molecular flexibility index (Phi) is 3.79. The number of benzene rings is 1. The molecular formula is C13H18N6. The molecular weight excluding hydrogens is 240 g/mol. The van der Waals surface area contributed by atoms with E-state index in [0.29, 0.717) is 11.9 Å². The molecule has 6 heteroatoms. The molecule has 0 saturated heterocycles. The maximum absolute atomic E-state index is 5.68. The van der Waals surface area contributed by atoms with Crippen molar-refractivity contribution in [2.75, 3.05) is 16.4 Å². The average molecular weight is 258 g/mol. The van der Waals surface area contributed by atoms with Crippen molar-refractivity contribution in [3.63, 3.8) is 0 Å². The largest absolute Gasteiger partial charge is 0.368 e. The molecule has 0 aliphatic rings. The number of nitrogens with zero attached hydrogens (tertiary/aromatic N) is 3. The Labute approximate surface area is 112 Å². The highest BCUT2D eigenvalue weighted by molar-refractivity contribution is 5.56. The fraction of sp³-hybridized carbons (Fsp3) is 0.308. The van der Waals surface area contributed by atoms with Crippen molar-refractivity contribution >= 4 is 23.5 Å². The van der Waals surface area contributed by atoms with Crippen LogP contribution in [0.4, 0.5) is 23.5 Å². The first-order valence-electron chi connectivity index (χ1n) is 6.15. The minimum atomic E-state index is 0.188. The molecule has 0 radical (unpaired) electrons. The highest BCUT2D eigenvalue weighted by atomic mass is 15.2. The molecule has 0 atom stereocenters. The van der Waals surface area contributed by atoms with Gasteiger partial charge in [0, 0.05) is 11.7 Å². The zero-order chi connectivity index (χ0) is 13.8. The molecule has 0 bridgehead atoms. The van der Waals surface area contributed by atoms with Gasteiger partial charge in [-0.25, -0.2) is 0 Å². The van der Waals surface area contributed by atoms with Crippen molar-refractivity contribution in [1.82, 2.24) is 15.0 Å². The summed E-state index contributed by atoms with van der Waals surface area (Å²) in [4.78, 5) is 12.4. The lowest BCUT2D eigenvalue weighted by atomic mass is 10.2. The first-order chi connectivity index (χ1) is 9.02. The van der Waals surface area contributed by atoms with Crippen molar-refractivity contribution in [3.05, 3.63) is 29.8 Å². The molecule has 1 aromatic heterocycles. The van der Waals surface area contributed by atoms with Crippen molar-refractivity contribution < 1.29 is 0 Å². The predicted octanol–water partition coefficient (Wildman–Crippen LogP) is 2.33. The van der Waals surface area contributed by atoms with E-state index in [2.05, 4.69) is 25.6 Å². The Bertz CT molecular complexity index is 567. The van der Waals surface area contributed by atoms with Crippen LogP contribution in [0.3, 0.4) is 0 Å². The van der Waals surface area contributed by atoms with Crippen LogP contribution >= 0.6 is 0 Å². The number of nitrogens with one attached hydrogen (secondary N) is 2. The monoisotopic (exact) mass is 258 g/mol. The summed E-state index contributed by atoms with van der Waals surface area (Å²) in [5, 5.41) is 6.22. The molecule has 0 saturated carbocycles. The third-order valence-electron chi connectivity index (χ3n) is 2.34. The fourth-order valence-corrected chi connectivity index (χ4v) is 1.62. The fourth-order valence-electron chi connectivity index (χ4n) is 1.62. The third-order valence-corrected chi connectivity index (χ3v) is 2.34. The van der Waals surface area contributed by atoms with Crippen LogP contribution in [-0.2, 0) is 0 Å². The number of rotatable bonds is 4. The lowest BCUT2D eigenvalue weighted by molar-refractivity contribution is 0.870. The molecule has 19 heavy (non-hydrogen) atoms. The molecule has 0 aliphatic carbocycles. The van der Waals surface area contributed by atoms with Crippen LogP contribution in [0.15, 0.2) is 24.3 Å². The van der Waals surface area contributed by atoms with Crippen molar-refractivity contribution in [3.8, 4) is 0 Å². The van der Waals surface area contributed by atoms with Gasteiger partial charge in [-0.3, -0.25) is 0 Å². The zero-order valence-corrected chi connectivity index (χ0v) is 11.3. The molecule has 2 aromatic rings. The van der Waals surface area contributed by atoms with Gasteiger partial charge in [-0.2, -0.15) is 15.0 Å². The first kappa shape index (κ1) is 13.1. The van der Waals surface area contributed by atoms with Crippen molar-refractivity contribution in [1.29, 1.82) is 0 Å². The summed E-state index contributed by atoms with van der Waals surface area (Å²) in [6.45, 7) is 6.04. The molecule has 0 unspecified atom stereocenters. The molecule has 1 aromatic carbocycles. The Hall–Kier alpha value is -2.37. The van der Waals surface area contributed by atoms with E-state index in [1.54, 1.807) is 0 Å². The summed E-state index contributed by atoms with van der Waals surface area (Å²) < 4.78 is 0. The van der Waals surface area contributed by atoms with E-state index in [0.717, 1.165) is 11.3 Å². The summed E-state index contributed by atoms with van der Waals surface area (Å²) >= 11 is 0. The van der Waals surface area contributed by atoms with Crippen molar-refractivity contribution in [2.45, 2.75) is 26.8 Å². The van der Waals surface area contributed by atoms with Gasteiger partial charge in [0.15, 0.2) is 0 Å². The number of hydrogen-bond donors (Lipinski definition) is 3. The van der Waals surface area contributed by atoms with Crippen LogP contribution in [0.2, 0.25) is 0 Å². The van der Waals surface area contributed by atoms with E-state index < -0.39 is 0 Å². The maximum Gasteiger partial charge on any atom is 0.233 e. The van der Waals surface area contributed by atoms with Crippen LogP contribution in [0.5, 0.6) is 0 Å². The van der Waals surface area contributed by atoms with Crippen LogP contribution in [0.1, 0.15) is 19.4 Å². The van der Waals surface area contributed by atoms with Crippen LogP contribution in [-0.4, -0.2) is 21.0 Å². The maximum atomic E-state index is 5.68. The van der Waals surface area contributed by atoms with Gasteiger partial charge in [0.1, 0.15) is 0 Å². The number of anilines is 4. The molecule has 6 nitrogen and oxygen atoms in total. The highest BCUT2D eigenvalue weighted by Crippen LogP contribution is 2.16. The summed E-state index contributed by atoms with van der Waals surface area (Å²) in [6.07, 6.45) is 0. The number of nitrogens with two attached hydrogens (primary N) is 1. The summed E-state index contributed by atoms with van der Waals surface area (Å²) in [5.74, 6) is 1.09. The standard InChI is InChI=1S/C13H18N6/c1-8(2)15-12-17-11(14)18-13(19-12)16-10-6-4-5-9(3)7-10/h4-8H,1-3H3,(H4,14,15,16,17,18,19). The number of aromatic nitrogens is 3. The lowest BCUT2D eigenvalue weighted by Crippen LogP contribution is -2.15. The summed E-state index contributed by atoms with van der Waals surface area (Å²) in [7, 11) is 0. The van der Waals surface area contributed by atoms with E-state index in [9.17, 15) is 0 Å². The lowest BCUT2D eigenvalue weighted by Gasteiger charge is -2.10. The second kappa shape index (κ2) is 5.51. The molecule has 1 heterocycles. The zero-order valence-electron chi connectivity index (χ0n) is 11.3. The van der Waals surface area contributed by atoms with E-state index >= 15 is 0 Å². The minimum absolute atomic E-state index is 0.188. The van der Waals surface area contributed by atoms with E-state index in [4.69, 9.17) is 5.73 Å². The normalized spacial score (nSPS) is 10.5. The molecule has 4 N–H and O–H groups in total. The molecule has 0 aliphatic heterocycles.